The fraction of sp³-hybridized carbons (Fsp3) is 0.500. The van der Waals surface area contributed by atoms with Crippen LogP contribution in [0.3, 0.4) is 0 Å². The average Bonchev–Trinajstić information content (AvgIpc) is 2.97. The van der Waals surface area contributed by atoms with Crippen LogP contribution in [0.4, 0.5) is 0 Å². The van der Waals surface area contributed by atoms with Gasteiger partial charge in [0.15, 0.2) is 5.69 Å². The van der Waals surface area contributed by atoms with E-state index in [-0.39, 0.29) is 11.4 Å². The number of hydrogen-bond donors (Lipinski definition) is 0. The van der Waals surface area contributed by atoms with Gasteiger partial charge in [-0.15, -0.1) is 11.3 Å². The van der Waals surface area contributed by atoms with Crippen molar-refractivity contribution in [1.82, 2.24) is 14.8 Å². The minimum absolute atomic E-state index is 0.0428. The highest BCUT2D eigenvalue weighted by molar-refractivity contribution is 7.10. The Morgan fingerprint density at radius 3 is 2.75 bits per heavy atom. The Morgan fingerprint density at radius 2 is 2.20 bits per heavy atom. The van der Waals surface area contributed by atoms with Crippen LogP contribution in [-0.2, 0) is 23.6 Å². The summed E-state index contributed by atoms with van der Waals surface area (Å²) in [6.07, 6.45) is 4.35. The molecule has 0 aliphatic rings. The lowest BCUT2D eigenvalue weighted by molar-refractivity contribution is 0.0503. The molecule has 6 heteroatoms. The lowest BCUT2D eigenvalue weighted by Crippen LogP contribution is -2.13. The summed E-state index contributed by atoms with van der Waals surface area (Å²) in [4.78, 5) is 16.2. The number of esters is 1. The Hall–Kier alpha value is -1.69. The zero-order valence-corrected chi connectivity index (χ0v) is 13.0. The Labute approximate surface area is 122 Å². The molecule has 2 aromatic heterocycles. The lowest BCUT2D eigenvalue weighted by atomic mass is 9.98. The maximum atomic E-state index is 11.9. The third-order valence-electron chi connectivity index (χ3n) is 2.74. The zero-order valence-electron chi connectivity index (χ0n) is 12.2. The molecule has 20 heavy (non-hydrogen) atoms. The fourth-order valence-electron chi connectivity index (χ4n) is 1.65. The van der Waals surface area contributed by atoms with E-state index >= 15 is 0 Å². The minimum Gasteiger partial charge on any atom is -0.461 e. The first kappa shape index (κ1) is 14.7. The van der Waals surface area contributed by atoms with Crippen molar-refractivity contribution in [3.63, 3.8) is 0 Å². The van der Waals surface area contributed by atoms with Crippen LogP contribution in [0.1, 0.15) is 41.8 Å². The van der Waals surface area contributed by atoms with Gasteiger partial charge in [-0.2, -0.15) is 5.10 Å². The van der Waals surface area contributed by atoms with E-state index < -0.39 is 0 Å². The summed E-state index contributed by atoms with van der Waals surface area (Å²) in [6, 6.07) is 0. The van der Waals surface area contributed by atoms with E-state index in [1.54, 1.807) is 16.3 Å². The van der Waals surface area contributed by atoms with Gasteiger partial charge < -0.3 is 4.74 Å². The van der Waals surface area contributed by atoms with E-state index in [1.807, 2.05) is 13.2 Å². The first-order valence-electron chi connectivity index (χ1n) is 6.47. The van der Waals surface area contributed by atoms with E-state index in [9.17, 15) is 4.79 Å². The van der Waals surface area contributed by atoms with Gasteiger partial charge in [-0.3, -0.25) is 4.68 Å². The molecule has 2 aromatic rings. The molecule has 0 radical (unpaired) electrons. The third-order valence-corrected chi connectivity index (χ3v) is 4.01. The number of thiazole rings is 1. The topological polar surface area (TPSA) is 57.0 Å². The molecule has 0 aromatic carbocycles. The first-order chi connectivity index (χ1) is 9.36. The monoisotopic (exact) mass is 293 g/mol. The quantitative estimate of drug-likeness (QED) is 0.813. The molecule has 0 spiro atoms. The van der Waals surface area contributed by atoms with Crippen LogP contribution in [-0.4, -0.2) is 27.3 Å². The van der Waals surface area contributed by atoms with E-state index in [0.29, 0.717) is 18.7 Å². The Bertz CT molecular complexity index is 596. The van der Waals surface area contributed by atoms with Gasteiger partial charge in [-0.05, 0) is 5.56 Å². The Morgan fingerprint density at radius 1 is 1.45 bits per heavy atom. The van der Waals surface area contributed by atoms with Gasteiger partial charge in [0.05, 0.1) is 17.8 Å². The van der Waals surface area contributed by atoms with Gasteiger partial charge >= 0.3 is 5.97 Å². The third kappa shape index (κ3) is 3.66. The maximum Gasteiger partial charge on any atom is 0.357 e. The zero-order chi connectivity index (χ0) is 14.8. The molecule has 0 fully saturated rings. The molecule has 0 N–H and O–H groups in total. The molecule has 2 rings (SSSR count). The molecule has 2 heterocycles. The summed E-state index contributed by atoms with van der Waals surface area (Å²) in [5.74, 6) is -0.361. The van der Waals surface area contributed by atoms with Crippen molar-refractivity contribution in [2.24, 2.45) is 7.05 Å². The van der Waals surface area contributed by atoms with Crippen molar-refractivity contribution in [3.05, 3.63) is 34.0 Å². The normalized spacial score (nSPS) is 11.6. The molecule has 0 bridgehead atoms. The maximum absolute atomic E-state index is 11.9. The second-order valence-electron chi connectivity index (χ2n) is 5.70. The Balaban J connectivity index is 1.87. The number of rotatable bonds is 4. The van der Waals surface area contributed by atoms with Crippen molar-refractivity contribution in [3.8, 4) is 0 Å². The molecular formula is C14H19N3O2S. The van der Waals surface area contributed by atoms with Crippen LogP contribution >= 0.6 is 11.3 Å². The van der Waals surface area contributed by atoms with Gasteiger partial charge in [0, 0.05) is 30.5 Å². The van der Waals surface area contributed by atoms with Crippen LogP contribution in [0.15, 0.2) is 17.8 Å². The van der Waals surface area contributed by atoms with Gasteiger partial charge in [0.2, 0.25) is 0 Å². The molecule has 0 unspecified atom stereocenters. The van der Waals surface area contributed by atoms with E-state index in [2.05, 4.69) is 30.9 Å². The van der Waals surface area contributed by atoms with Crippen molar-refractivity contribution >= 4 is 17.3 Å². The minimum atomic E-state index is -0.361. The first-order valence-corrected chi connectivity index (χ1v) is 7.35. The lowest BCUT2D eigenvalue weighted by Gasteiger charge is -2.13. The number of carbonyl (C=O) groups excluding carboxylic acids is 1. The summed E-state index contributed by atoms with van der Waals surface area (Å²) in [7, 11) is 1.86. The van der Waals surface area contributed by atoms with E-state index in [1.165, 1.54) is 11.3 Å². The number of ether oxygens (including phenoxy) is 1. The molecule has 5 nitrogen and oxygen atoms in total. The predicted molar refractivity (Wildman–Crippen MR) is 78.0 cm³/mol. The van der Waals surface area contributed by atoms with Crippen molar-refractivity contribution in [2.45, 2.75) is 32.6 Å². The van der Waals surface area contributed by atoms with Crippen LogP contribution in [0.25, 0.3) is 0 Å². The molecule has 0 aliphatic heterocycles. The molecule has 108 valence electrons. The Kier molecular flexibility index (Phi) is 4.23. The molecule has 0 amide bonds. The summed E-state index contributed by atoms with van der Waals surface area (Å²) in [6.45, 7) is 6.56. The number of carbonyl (C=O) groups is 1. The summed E-state index contributed by atoms with van der Waals surface area (Å²) >= 11 is 1.49. The number of aromatic nitrogens is 3. The standard InChI is InChI=1S/C14H19N3O2S/c1-14(2,3)13-16-11(9-20-13)12(18)19-6-5-10-7-15-17(4)8-10/h7-9H,5-6H2,1-4H3. The van der Waals surface area contributed by atoms with Gasteiger partial charge in [0.1, 0.15) is 0 Å². The van der Waals surface area contributed by atoms with Gasteiger partial charge in [-0.1, -0.05) is 20.8 Å². The van der Waals surface area contributed by atoms with Gasteiger partial charge in [-0.25, -0.2) is 9.78 Å². The second kappa shape index (κ2) is 5.75. The highest BCUT2D eigenvalue weighted by Gasteiger charge is 2.20. The number of nitrogens with zero attached hydrogens (tertiary/aromatic N) is 3. The van der Waals surface area contributed by atoms with Gasteiger partial charge in [0.25, 0.3) is 0 Å². The SMILES string of the molecule is Cn1cc(CCOC(=O)c2csc(C(C)(C)C)n2)cn1. The van der Waals surface area contributed by atoms with E-state index in [4.69, 9.17) is 4.74 Å². The fourth-order valence-corrected chi connectivity index (χ4v) is 2.53. The van der Waals surface area contributed by atoms with Crippen LogP contribution in [0, 0.1) is 0 Å². The molecule has 0 atom stereocenters. The number of aryl methyl sites for hydroxylation is 1. The highest BCUT2D eigenvalue weighted by Crippen LogP contribution is 2.25. The molecule has 0 saturated carbocycles. The van der Waals surface area contributed by atoms with Crippen LogP contribution in [0.2, 0.25) is 0 Å². The number of hydrogen-bond acceptors (Lipinski definition) is 5. The van der Waals surface area contributed by atoms with Crippen molar-refractivity contribution in [1.29, 1.82) is 0 Å². The van der Waals surface area contributed by atoms with E-state index in [0.717, 1.165) is 10.6 Å². The van der Waals surface area contributed by atoms with Crippen molar-refractivity contribution in [2.75, 3.05) is 6.61 Å². The molecule has 0 aliphatic carbocycles. The van der Waals surface area contributed by atoms with Crippen LogP contribution in [0.5, 0.6) is 0 Å². The highest BCUT2D eigenvalue weighted by atomic mass is 32.1. The molecule has 0 saturated heterocycles. The summed E-state index contributed by atoms with van der Waals surface area (Å²) < 4.78 is 6.96. The predicted octanol–water partition coefficient (Wildman–Crippen LogP) is 2.57. The molecular weight excluding hydrogens is 274 g/mol. The average molecular weight is 293 g/mol. The largest absolute Gasteiger partial charge is 0.461 e. The second-order valence-corrected chi connectivity index (χ2v) is 6.55. The smallest absolute Gasteiger partial charge is 0.357 e. The summed E-state index contributed by atoms with van der Waals surface area (Å²) in [5.41, 5.74) is 1.40. The van der Waals surface area contributed by atoms with Crippen LogP contribution < -0.4 is 0 Å². The summed E-state index contributed by atoms with van der Waals surface area (Å²) in [5, 5.41) is 6.77. The van der Waals surface area contributed by atoms with Crippen molar-refractivity contribution < 1.29 is 9.53 Å².